The smallest absolute Gasteiger partial charge is 0.318 e. The van der Waals surface area contributed by atoms with Gasteiger partial charge < -0.3 is 20.0 Å². The van der Waals surface area contributed by atoms with Gasteiger partial charge in [-0.15, -0.1) is 5.10 Å². The fourth-order valence-corrected chi connectivity index (χ4v) is 1.54. The van der Waals surface area contributed by atoms with Crippen LogP contribution in [-0.2, 0) is 11.3 Å². The molecule has 1 aromatic heterocycles. The summed E-state index contributed by atoms with van der Waals surface area (Å²) in [5, 5.41) is 13.9. The molecule has 1 amide bonds. The lowest BCUT2D eigenvalue weighted by molar-refractivity contribution is -0.119. The third-order valence-corrected chi connectivity index (χ3v) is 2.56. The highest BCUT2D eigenvalue weighted by atomic mass is 16.4. The van der Waals surface area contributed by atoms with Crippen molar-refractivity contribution in [3.63, 3.8) is 0 Å². The van der Waals surface area contributed by atoms with Crippen LogP contribution in [-0.4, -0.2) is 42.8 Å². The molecule has 0 saturated heterocycles. The van der Waals surface area contributed by atoms with Crippen molar-refractivity contribution in [1.82, 2.24) is 20.8 Å². The Morgan fingerprint density at radius 3 is 2.80 bits per heavy atom. The van der Waals surface area contributed by atoms with E-state index in [-0.39, 0.29) is 12.5 Å². The Kier molecular flexibility index (Phi) is 7.00. The number of likely N-dealkylation sites (N-methyl/N-ethyl adjacent to an activating group) is 1. The van der Waals surface area contributed by atoms with E-state index in [2.05, 4.69) is 34.7 Å². The van der Waals surface area contributed by atoms with Crippen molar-refractivity contribution in [2.75, 3.05) is 31.6 Å². The van der Waals surface area contributed by atoms with Gasteiger partial charge in [0.1, 0.15) is 6.54 Å². The number of hydrogen-bond donors (Lipinski definition) is 2. The van der Waals surface area contributed by atoms with E-state index in [9.17, 15) is 4.79 Å². The van der Waals surface area contributed by atoms with Crippen molar-refractivity contribution in [2.45, 2.75) is 33.7 Å². The Balaban J connectivity index is 2.39. The highest BCUT2D eigenvalue weighted by Crippen LogP contribution is 2.09. The van der Waals surface area contributed by atoms with Gasteiger partial charge >= 0.3 is 6.01 Å². The average molecular weight is 283 g/mol. The van der Waals surface area contributed by atoms with Gasteiger partial charge in [0.05, 0.1) is 6.54 Å². The zero-order chi connectivity index (χ0) is 15.0. The lowest BCUT2D eigenvalue weighted by Crippen LogP contribution is -2.35. The SMILES string of the molecule is CCCNC(=O)CN(C)c1nnc(CNCC(C)C)o1. The van der Waals surface area contributed by atoms with Crippen LogP contribution in [0.25, 0.3) is 0 Å². The number of anilines is 1. The molecule has 7 heteroatoms. The first kappa shape index (κ1) is 16.4. The normalized spacial score (nSPS) is 10.8. The van der Waals surface area contributed by atoms with E-state index in [4.69, 9.17) is 4.42 Å². The standard InChI is InChI=1S/C13H25N5O2/c1-5-6-15-11(19)9-18(4)13-17-16-12(20-13)8-14-7-10(2)3/h10,14H,5-9H2,1-4H3,(H,15,19). The predicted molar refractivity (Wildman–Crippen MR) is 77.4 cm³/mol. The highest BCUT2D eigenvalue weighted by molar-refractivity contribution is 5.80. The van der Waals surface area contributed by atoms with E-state index in [0.717, 1.165) is 13.0 Å². The molecule has 1 rings (SSSR count). The van der Waals surface area contributed by atoms with Gasteiger partial charge in [-0.25, -0.2) is 0 Å². The second-order valence-electron chi connectivity index (χ2n) is 5.21. The third kappa shape index (κ3) is 6.01. The van der Waals surface area contributed by atoms with E-state index < -0.39 is 0 Å². The topological polar surface area (TPSA) is 83.3 Å². The number of nitrogens with zero attached hydrogens (tertiary/aromatic N) is 3. The van der Waals surface area contributed by atoms with Crippen LogP contribution in [0.1, 0.15) is 33.1 Å². The van der Waals surface area contributed by atoms with Crippen LogP contribution in [0.2, 0.25) is 0 Å². The number of amides is 1. The number of hydrogen-bond acceptors (Lipinski definition) is 6. The molecule has 0 radical (unpaired) electrons. The molecule has 0 aliphatic carbocycles. The van der Waals surface area contributed by atoms with Crippen LogP contribution in [0, 0.1) is 5.92 Å². The molecule has 20 heavy (non-hydrogen) atoms. The predicted octanol–water partition coefficient (Wildman–Crippen LogP) is 0.778. The lowest BCUT2D eigenvalue weighted by Gasteiger charge is -2.13. The Morgan fingerprint density at radius 2 is 2.15 bits per heavy atom. The van der Waals surface area contributed by atoms with Crippen molar-refractivity contribution in [1.29, 1.82) is 0 Å². The number of carbonyl (C=O) groups is 1. The van der Waals surface area contributed by atoms with E-state index in [1.54, 1.807) is 11.9 Å². The minimum Gasteiger partial charge on any atom is -0.407 e. The summed E-state index contributed by atoms with van der Waals surface area (Å²) >= 11 is 0. The largest absolute Gasteiger partial charge is 0.407 e. The lowest BCUT2D eigenvalue weighted by atomic mass is 10.2. The summed E-state index contributed by atoms with van der Waals surface area (Å²) in [5.74, 6) is 1.05. The van der Waals surface area contributed by atoms with E-state index in [0.29, 0.717) is 30.9 Å². The summed E-state index contributed by atoms with van der Waals surface area (Å²) in [6.07, 6.45) is 0.918. The van der Waals surface area contributed by atoms with Gasteiger partial charge in [-0.05, 0) is 18.9 Å². The van der Waals surface area contributed by atoms with Crippen LogP contribution in [0.5, 0.6) is 0 Å². The molecule has 114 valence electrons. The molecule has 0 unspecified atom stereocenters. The first-order chi connectivity index (χ1) is 9.52. The Bertz CT molecular complexity index is 405. The first-order valence-electron chi connectivity index (χ1n) is 7.03. The van der Waals surface area contributed by atoms with Crippen molar-refractivity contribution in [3.8, 4) is 0 Å². The van der Waals surface area contributed by atoms with Gasteiger partial charge in [0.25, 0.3) is 0 Å². The molecule has 0 aliphatic heterocycles. The molecule has 7 nitrogen and oxygen atoms in total. The Hall–Kier alpha value is -1.63. The van der Waals surface area contributed by atoms with Crippen LogP contribution in [0.4, 0.5) is 6.01 Å². The van der Waals surface area contributed by atoms with Gasteiger partial charge in [0.15, 0.2) is 0 Å². The monoisotopic (exact) mass is 283 g/mol. The molecule has 0 fully saturated rings. The molecule has 1 heterocycles. The van der Waals surface area contributed by atoms with E-state index in [1.807, 2.05) is 6.92 Å². The summed E-state index contributed by atoms with van der Waals surface area (Å²) in [7, 11) is 1.75. The van der Waals surface area contributed by atoms with E-state index >= 15 is 0 Å². The maximum Gasteiger partial charge on any atom is 0.318 e. The molecule has 0 bridgehead atoms. The van der Waals surface area contributed by atoms with Crippen LogP contribution in [0.15, 0.2) is 4.42 Å². The molecule has 0 spiro atoms. The van der Waals surface area contributed by atoms with Crippen LogP contribution in [0.3, 0.4) is 0 Å². The zero-order valence-electron chi connectivity index (χ0n) is 12.8. The molecule has 0 saturated carbocycles. The second-order valence-corrected chi connectivity index (χ2v) is 5.21. The van der Waals surface area contributed by atoms with Gasteiger partial charge in [-0.2, -0.15) is 0 Å². The number of rotatable bonds is 9. The third-order valence-electron chi connectivity index (χ3n) is 2.56. The van der Waals surface area contributed by atoms with Crippen LogP contribution < -0.4 is 15.5 Å². The summed E-state index contributed by atoms with van der Waals surface area (Å²) in [6.45, 7) is 8.61. The Morgan fingerprint density at radius 1 is 1.40 bits per heavy atom. The molecule has 2 N–H and O–H groups in total. The summed E-state index contributed by atoms with van der Waals surface area (Å²) < 4.78 is 5.49. The maximum absolute atomic E-state index is 11.6. The van der Waals surface area contributed by atoms with Gasteiger partial charge in [-0.3, -0.25) is 4.79 Å². The fraction of sp³-hybridized carbons (Fsp3) is 0.769. The molecular weight excluding hydrogens is 258 g/mol. The molecule has 0 atom stereocenters. The van der Waals surface area contributed by atoms with Crippen molar-refractivity contribution < 1.29 is 9.21 Å². The average Bonchev–Trinajstić information content (AvgIpc) is 2.84. The quantitative estimate of drug-likeness (QED) is 0.697. The summed E-state index contributed by atoms with van der Waals surface area (Å²) in [6, 6.07) is 0.359. The summed E-state index contributed by atoms with van der Waals surface area (Å²) in [5.41, 5.74) is 0. The Labute approximate surface area is 120 Å². The number of carbonyl (C=O) groups excluding carboxylic acids is 1. The van der Waals surface area contributed by atoms with E-state index in [1.165, 1.54) is 0 Å². The maximum atomic E-state index is 11.6. The van der Waals surface area contributed by atoms with Crippen molar-refractivity contribution in [3.05, 3.63) is 5.89 Å². The van der Waals surface area contributed by atoms with Gasteiger partial charge in [0.2, 0.25) is 11.8 Å². The second kappa shape index (κ2) is 8.52. The van der Waals surface area contributed by atoms with Gasteiger partial charge in [0, 0.05) is 13.6 Å². The molecule has 0 aliphatic rings. The number of nitrogens with one attached hydrogen (secondary N) is 2. The minimum atomic E-state index is -0.0490. The summed E-state index contributed by atoms with van der Waals surface area (Å²) in [4.78, 5) is 13.2. The minimum absolute atomic E-state index is 0.0490. The van der Waals surface area contributed by atoms with Gasteiger partial charge in [-0.1, -0.05) is 25.9 Å². The molecule has 0 aromatic carbocycles. The van der Waals surface area contributed by atoms with Crippen molar-refractivity contribution in [2.24, 2.45) is 5.92 Å². The molecule has 1 aromatic rings. The van der Waals surface area contributed by atoms with Crippen molar-refractivity contribution >= 4 is 11.9 Å². The molecular formula is C13H25N5O2. The fourth-order valence-electron chi connectivity index (χ4n) is 1.54. The zero-order valence-corrected chi connectivity index (χ0v) is 12.8. The number of aromatic nitrogens is 2. The highest BCUT2D eigenvalue weighted by Gasteiger charge is 2.13. The van der Waals surface area contributed by atoms with Crippen LogP contribution >= 0.6 is 0 Å². The first-order valence-corrected chi connectivity index (χ1v) is 7.03.